The van der Waals surface area contributed by atoms with Gasteiger partial charge in [0.1, 0.15) is 0 Å². The molecule has 0 unspecified atom stereocenters. The van der Waals surface area contributed by atoms with Crippen molar-refractivity contribution in [1.82, 2.24) is 10.6 Å². The van der Waals surface area contributed by atoms with Gasteiger partial charge in [0.05, 0.1) is 11.8 Å². The summed E-state index contributed by atoms with van der Waals surface area (Å²) in [5.74, 6) is -0.454. The molecule has 0 aromatic heterocycles. The number of hydrogen-bond acceptors (Lipinski definition) is 4. The minimum absolute atomic E-state index is 0.235. The second-order valence-electron chi connectivity index (χ2n) is 11.8. The average molecular weight is 543 g/mol. The Balaban J connectivity index is 0. The molecule has 6 nitrogen and oxygen atoms in total. The van der Waals surface area contributed by atoms with Crippen molar-refractivity contribution in [2.75, 3.05) is 26.2 Å². The lowest BCUT2D eigenvalue weighted by molar-refractivity contribution is -0.142. The largest absolute Gasteiger partial charge is 0.481 e. The van der Waals surface area contributed by atoms with E-state index in [1.54, 1.807) is 13.8 Å². The van der Waals surface area contributed by atoms with Crippen molar-refractivity contribution in [3.8, 4) is 0 Å². The highest BCUT2D eigenvalue weighted by Crippen LogP contribution is 2.12. The number of carboxylic acids is 2. The van der Waals surface area contributed by atoms with E-state index < -0.39 is 11.9 Å². The van der Waals surface area contributed by atoms with Crippen LogP contribution in [0.15, 0.2) is 0 Å². The minimum atomic E-state index is -0.693. The fourth-order valence-electron chi connectivity index (χ4n) is 4.33. The first-order chi connectivity index (χ1) is 18.1. The van der Waals surface area contributed by atoms with E-state index in [1.807, 2.05) is 0 Å². The molecule has 6 heteroatoms. The molecule has 228 valence electrons. The molecule has 0 spiro atoms. The molecule has 0 rings (SSSR count). The van der Waals surface area contributed by atoms with Gasteiger partial charge in [-0.15, -0.1) is 0 Å². The molecule has 0 saturated heterocycles. The molecule has 0 amide bonds. The molecule has 38 heavy (non-hydrogen) atoms. The van der Waals surface area contributed by atoms with Crippen LogP contribution in [0.5, 0.6) is 0 Å². The van der Waals surface area contributed by atoms with E-state index >= 15 is 0 Å². The van der Waals surface area contributed by atoms with Crippen LogP contribution in [0.3, 0.4) is 0 Å². The van der Waals surface area contributed by atoms with E-state index in [0.717, 1.165) is 39.0 Å². The van der Waals surface area contributed by atoms with Crippen LogP contribution in [0.25, 0.3) is 0 Å². The Morgan fingerprint density at radius 2 is 0.842 bits per heavy atom. The third-order valence-electron chi connectivity index (χ3n) is 7.44. The molecule has 0 aromatic rings. The first-order valence-electron chi connectivity index (χ1n) is 16.0. The lowest BCUT2D eigenvalue weighted by Gasteiger charge is -2.13. The number of carboxylic acid groups (broad SMARTS) is 2. The second-order valence-corrected chi connectivity index (χ2v) is 11.8. The molecule has 4 atom stereocenters. The van der Waals surface area contributed by atoms with Crippen LogP contribution in [0.2, 0.25) is 0 Å². The Labute approximate surface area is 236 Å². The third kappa shape index (κ3) is 29.4. The molecule has 0 fully saturated rings. The Morgan fingerprint density at radius 1 is 0.526 bits per heavy atom. The van der Waals surface area contributed by atoms with Gasteiger partial charge in [0.25, 0.3) is 0 Å². The van der Waals surface area contributed by atoms with Crippen molar-refractivity contribution in [1.29, 1.82) is 0 Å². The van der Waals surface area contributed by atoms with Crippen LogP contribution >= 0.6 is 0 Å². The highest BCUT2D eigenvalue weighted by Gasteiger charge is 2.11. The highest BCUT2D eigenvalue weighted by molar-refractivity contribution is 5.69. The summed E-state index contributed by atoms with van der Waals surface area (Å²) < 4.78 is 0. The van der Waals surface area contributed by atoms with Crippen molar-refractivity contribution in [3.63, 3.8) is 0 Å². The van der Waals surface area contributed by atoms with E-state index in [4.69, 9.17) is 10.2 Å². The molecule has 4 N–H and O–H groups in total. The topological polar surface area (TPSA) is 98.7 Å². The monoisotopic (exact) mass is 543 g/mol. The lowest BCUT2D eigenvalue weighted by Crippen LogP contribution is -2.25. The SMILES string of the molecule is CCCCCCCC[C@H](C)CNCC[C@H](C)C(=O)O.CCCCCCCC[C@H](C)CNCC[C@H](C)C(=O)O. The van der Waals surface area contributed by atoms with Gasteiger partial charge in [0.2, 0.25) is 0 Å². The zero-order valence-electron chi connectivity index (χ0n) is 26.2. The lowest BCUT2D eigenvalue weighted by atomic mass is 10.0. The van der Waals surface area contributed by atoms with Crippen LogP contribution in [0, 0.1) is 23.7 Å². The van der Waals surface area contributed by atoms with Gasteiger partial charge < -0.3 is 20.8 Å². The molecule has 0 aliphatic carbocycles. The van der Waals surface area contributed by atoms with Crippen LogP contribution in [0.1, 0.15) is 144 Å². The fraction of sp³-hybridized carbons (Fsp3) is 0.938. The number of hydrogen-bond donors (Lipinski definition) is 4. The first kappa shape index (κ1) is 39.0. The predicted molar refractivity (Wildman–Crippen MR) is 163 cm³/mol. The summed E-state index contributed by atoms with van der Waals surface area (Å²) in [5.41, 5.74) is 0. The quantitative estimate of drug-likeness (QED) is 0.0823. The maximum Gasteiger partial charge on any atom is 0.306 e. The second kappa shape index (κ2) is 28.9. The number of carbonyl (C=O) groups is 2. The van der Waals surface area contributed by atoms with Gasteiger partial charge in [-0.1, -0.05) is 119 Å². The van der Waals surface area contributed by atoms with Gasteiger partial charge in [-0.2, -0.15) is 0 Å². The van der Waals surface area contributed by atoms with Crippen molar-refractivity contribution in [2.24, 2.45) is 23.7 Å². The van der Waals surface area contributed by atoms with Gasteiger partial charge in [-0.3, -0.25) is 9.59 Å². The molecule has 0 aliphatic heterocycles. The van der Waals surface area contributed by atoms with E-state index in [0.29, 0.717) is 11.8 Å². The molecular weight excluding hydrogens is 476 g/mol. The van der Waals surface area contributed by atoms with Crippen LogP contribution in [-0.4, -0.2) is 48.3 Å². The van der Waals surface area contributed by atoms with Crippen LogP contribution in [-0.2, 0) is 9.59 Å². The van der Waals surface area contributed by atoms with Gasteiger partial charge in [-0.25, -0.2) is 0 Å². The summed E-state index contributed by atoms with van der Waals surface area (Å²) in [6.07, 6.45) is 20.3. The number of aliphatic carboxylic acids is 2. The van der Waals surface area contributed by atoms with E-state index in [2.05, 4.69) is 38.3 Å². The molecule has 0 bridgehead atoms. The summed E-state index contributed by atoms with van der Waals surface area (Å²) in [6, 6.07) is 0. The standard InChI is InChI=1S/2C16H33NO2/c2*1-4-5-6-7-8-9-10-14(2)13-17-12-11-15(3)16(18)19/h2*14-15,17H,4-13H2,1-3H3,(H,18,19)/t2*14-,15-/m00/s1. The van der Waals surface area contributed by atoms with Crippen molar-refractivity contribution >= 4 is 11.9 Å². The Morgan fingerprint density at radius 3 is 1.16 bits per heavy atom. The summed E-state index contributed by atoms with van der Waals surface area (Å²) >= 11 is 0. The van der Waals surface area contributed by atoms with Crippen molar-refractivity contribution in [3.05, 3.63) is 0 Å². The molecule has 0 aliphatic rings. The van der Waals surface area contributed by atoms with Gasteiger partial charge in [0.15, 0.2) is 0 Å². The van der Waals surface area contributed by atoms with Gasteiger partial charge in [-0.05, 0) is 63.7 Å². The zero-order valence-corrected chi connectivity index (χ0v) is 26.2. The van der Waals surface area contributed by atoms with Crippen LogP contribution in [0.4, 0.5) is 0 Å². The minimum Gasteiger partial charge on any atom is -0.481 e. The summed E-state index contributed by atoms with van der Waals surface area (Å²) in [6.45, 7) is 16.2. The Hall–Kier alpha value is -1.14. The zero-order chi connectivity index (χ0) is 29.0. The first-order valence-corrected chi connectivity index (χ1v) is 16.0. The normalized spacial score (nSPS) is 14.3. The molecule has 0 aromatic carbocycles. The maximum absolute atomic E-state index is 10.6. The van der Waals surface area contributed by atoms with Crippen LogP contribution < -0.4 is 10.6 Å². The summed E-state index contributed by atoms with van der Waals surface area (Å²) in [7, 11) is 0. The third-order valence-corrected chi connectivity index (χ3v) is 7.44. The molecule has 0 heterocycles. The fourth-order valence-corrected chi connectivity index (χ4v) is 4.33. The molecule has 0 radical (unpaired) electrons. The number of nitrogens with one attached hydrogen (secondary N) is 2. The predicted octanol–water partition coefficient (Wildman–Crippen LogP) is 8.15. The average Bonchev–Trinajstić information content (AvgIpc) is 2.88. The summed E-state index contributed by atoms with van der Waals surface area (Å²) in [4.78, 5) is 21.3. The molecule has 0 saturated carbocycles. The Bertz CT molecular complexity index is 484. The van der Waals surface area contributed by atoms with E-state index in [-0.39, 0.29) is 11.8 Å². The van der Waals surface area contributed by atoms with Crippen molar-refractivity contribution in [2.45, 2.75) is 144 Å². The highest BCUT2D eigenvalue weighted by atomic mass is 16.4. The molecular formula is C32H66N2O4. The van der Waals surface area contributed by atoms with E-state index in [9.17, 15) is 9.59 Å². The van der Waals surface area contributed by atoms with E-state index in [1.165, 1.54) is 89.9 Å². The maximum atomic E-state index is 10.6. The van der Waals surface area contributed by atoms with Gasteiger partial charge >= 0.3 is 11.9 Å². The Kier molecular flexibility index (Phi) is 29.6. The van der Waals surface area contributed by atoms with Gasteiger partial charge in [0, 0.05) is 0 Å². The smallest absolute Gasteiger partial charge is 0.306 e. The van der Waals surface area contributed by atoms with Crippen molar-refractivity contribution < 1.29 is 19.8 Å². The number of rotatable bonds is 26. The number of unbranched alkanes of at least 4 members (excludes halogenated alkanes) is 10. The summed E-state index contributed by atoms with van der Waals surface area (Å²) in [5, 5.41) is 24.3.